The minimum atomic E-state index is -0.725. The van der Waals surface area contributed by atoms with Crippen LogP contribution in [0, 0.1) is 18.3 Å². The molecule has 1 amide bonds. The van der Waals surface area contributed by atoms with Gasteiger partial charge in [0.2, 0.25) is 11.7 Å². The summed E-state index contributed by atoms with van der Waals surface area (Å²) in [5, 5.41) is 24.2. The third-order valence-electron chi connectivity index (χ3n) is 4.10. The molecule has 1 aromatic carbocycles. The van der Waals surface area contributed by atoms with Crippen molar-refractivity contribution in [1.29, 1.82) is 5.26 Å². The van der Waals surface area contributed by atoms with Crippen LogP contribution in [0.5, 0.6) is 0 Å². The van der Waals surface area contributed by atoms with Gasteiger partial charge in [-0.1, -0.05) is 29.8 Å². The molecule has 1 saturated carbocycles. The lowest BCUT2D eigenvalue weighted by Crippen LogP contribution is -2.46. The third-order valence-corrected chi connectivity index (χ3v) is 4.10. The van der Waals surface area contributed by atoms with Crippen LogP contribution in [-0.2, 0) is 11.3 Å². The fraction of sp³-hybridized carbons (Fsp3) is 0.438. The molecule has 0 unspecified atom stereocenters. The predicted octanol–water partition coefficient (Wildman–Crippen LogP) is 1.60. The van der Waals surface area contributed by atoms with E-state index in [0.717, 1.165) is 24.0 Å². The topological polar surface area (TPSA) is 96.5 Å². The van der Waals surface area contributed by atoms with E-state index < -0.39 is 5.54 Å². The van der Waals surface area contributed by atoms with E-state index in [-0.39, 0.29) is 12.5 Å². The molecule has 0 atom stereocenters. The second-order valence-corrected chi connectivity index (χ2v) is 5.96. The van der Waals surface area contributed by atoms with E-state index >= 15 is 0 Å². The summed E-state index contributed by atoms with van der Waals surface area (Å²) in [5.41, 5.74) is 1.28. The fourth-order valence-electron chi connectivity index (χ4n) is 2.81. The quantitative estimate of drug-likeness (QED) is 0.925. The highest BCUT2D eigenvalue weighted by Gasteiger charge is 2.35. The molecule has 0 saturated heterocycles. The van der Waals surface area contributed by atoms with Gasteiger partial charge in [-0.2, -0.15) is 10.1 Å². The zero-order valence-corrected chi connectivity index (χ0v) is 13.0. The first-order chi connectivity index (χ1) is 11.1. The number of carbonyl (C=O) groups is 1. The largest absolute Gasteiger partial charge is 0.336 e. The summed E-state index contributed by atoms with van der Waals surface area (Å²) in [4.78, 5) is 13.4. The van der Waals surface area contributed by atoms with Crippen molar-refractivity contribution in [3.05, 3.63) is 29.8 Å². The van der Waals surface area contributed by atoms with Gasteiger partial charge in [-0.05, 0) is 37.8 Å². The second-order valence-electron chi connectivity index (χ2n) is 5.96. The Kier molecular flexibility index (Phi) is 4.06. The van der Waals surface area contributed by atoms with Gasteiger partial charge in [0.1, 0.15) is 12.1 Å². The smallest absolute Gasteiger partial charge is 0.244 e. The summed E-state index contributed by atoms with van der Waals surface area (Å²) in [6.07, 6.45) is 3.34. The minimum Gasteiger partial charge on any atom is -0.336 e. The van der Waals surface area contributed by atoms with E-state index in [1.165, 1.54) is 4.80 Å². The molecule has 0 radical (unpaired) electrons. The van der Waals surface area contributed by atoms with Crippen LogP contribution in [0.3, 0.4) is 0 Å². The predicted molar refractivity (Wildman–Crippen MR) is 82.9 cm³/mol. The van der Waals surface area contributed by atoms with Crippen LogP contribution in [0.15, 0.2) is 24.3 Å². The molecule has 0 aliphatic heterocycles. The highest BCUT2D eigenvalue weighted by atomic mass is 16.2. The van der Waals surface area contributed by atoms with Gasteiger partial charge in [0.25, 0.3) is 0 Å². The van der Waals surface area contributed by atoms with Crippen LogP contribution in [0.2, 0.25) is 0 Å². The van der Waals surface area contributed by atoms with E-state index in [2.05, 4.69) is 26.8 Å². The number of hydrogen-bond donors (Lipinski definition) is 1. The summed E-state index contributed by atoms with van der Waals surface area (Å²) in [6, 6.07) is 10.0. The van der Waals surface area contributed by atoms with Gasteiger partial charge in [-0.25, -0.2) is 0 Å². The molecule has 1 aliphatic carbocycles. The van der Waals surface area contributed by atoms with Crippen molar-refractivity contribution < 1.29 is 4.79 Å². The lowest BCUT2D eigenvalue weighted by atomic mass is 10.00. The first-order valence-corrected chi connectivity index (χ1v) is 7.67. The van der Waals surface area contributed by atoms with E-state index in [4.69, 9.17) is 0 Å². The molecule has 3 rings (SSSR count). The Bertz CT molecular complexity index is 737. The van der Waals surface area contributed by atoms with Crippen molar-refractivity contribution in [3.8, 4) is 17.5 Å². The minimum absolute atomic E-state index is 0.0394. The molecule has 1 heterocycles. The van der Waals surface area contributed by atoms with E-state index in [1.807, 2.05) is 31.2 Å². The van der Waals surface area contributed by atoms with Crippen molar-refractivity contribution in [2.75, 3.05) is 0 Å². The number of nitrogens with one attached hydrogen (secondary N) is 1. The number of aryl methyl sites for hydroxylation is 1. The third kappa shape index (κ3) is 3.37. The number of hydrogen-bond acceptors (Lipinski definition) is 5. The number of tetrazole rings is 1. The summed E-state index contributed by atoms with van der Waals surface area (Å²) in [6.45, 7) is 1.97. The molecule has 0 bridgehead atoms. The summed E-state index contributed by atoms with van der Waals surface area (Å²) >= 11 is 0. The summed E-state index contributed by atoms with van der Waals surface area (Å²) in [5.74, 6) is 0.218. The molecule has 1 aromatic heterocycles. The van der Waals surface area contributed by atoms with Gasteiger partial charge >= 0.3 is 0 Å². The van der Waals surface area contributed by atoms with E-state index in [0.29, 0.717) is 18.7 Å². The highest BCUT2D eigenvalue weighted by Crippen LogP contribution is 2.28. The van der Waals surface area contributed by atoms with Crippen LogP contribution in [0.25, 0.3) is 11.4 Å². The van der Waals surface area contributed by atoms with Gasteiger partial charge in [-0.15, -0.1) is 10.2 Å². The highest BCUT2D eigenvalue weighted by molar-refractivity contribution is 5.77. The Balaban J connectivity index is 1.66. The average molecular weight is 310 g/mol. The maximum absolute atomic E-state index is 12.1. The number of benzene rings is 1. The fourth-order valence-corrected chi connectivity index (χ4v) is 2.81. The van der Waals surface area contributed by atoms with Crippen molar-refractivity contribution in [3.63, 3.8) is 0 Å². The first kappa shape index (κ1) is 15.2. The standard InChI is InChI=1S/C16H18N6O/c1-12-4-6-13(7-5-12)15-19-21-22(20-15)10-14(23)18-16(11-17)8-2-3-9-16/h4-7H,2-3,8-10H2,1H3,(H,18,23). The molecule has 7 heteroatoms. The maximum atomic E-state index is 12.1. The lowest BCUT2D eigenvalue weighted by molar-refractivity contribution is -0.123. The molecular formula is C16H18N6O. The monoisotopic (exact) mass is 310 g/mol. The number of nitriles is 1. The van der Waals surface area contributed by atoms with E-state index in [9.17, 15) is 10.1 Å². The van der Waals surface area contributed by atoms with Crippen LogP contribution in [0.4, 0.5) is 0 Å². The van der Waals surface area contributed by atoms with Crippen molar-refractivity contribution >= 4 is 5.91 Å². The maximum Gasteiger partial charge on any atom is 0.244 e. The van der Waals surface area contributed by atoms with Crippen LogP contribution in [0.1, 0.15) is 31.2 Å². The molecule has 118 valence electrons. The second kappa shape index (κ2) is 6.16. The Morgan fingerprint density at radius 2 is 2.04 bits per heavy atom. The molecule has 2 aromatic rings. The molecule has 0 spiro atoms. The van der Waals surface area contributed by atoms with Gasteiger partial charge in [0.05, 0.1) is 6.07 Å². The first-order valence-electron chi connectivity index (χ1n) is 7.67. The van der Waals surface area contributed by atoms with Crippen LogP contribution in [-0.4, -0.2) is 31.7 Å². The normalized spacial score (nSPS) is 16.0. The summed E-state index contributed by atoms with van der Waals surface area (Å²) < 4.78 is 0. The Morgan fingerprint density at radius 3 is 2.70 bits per heavy atom. The summed E-state index contributed by atoms with van der Waals surface area (Å²) in [7, 11) is 0. The van der Waals surface area contributed by atoms with Gasteiger partial charge in [0, 0.05) is 5.56 Å². The molecule has 1 aliphatic rings. The van der Waals surface area contributed by atoms with Gasteiger partial charge < -0.3 is 5.32 Å². The number of carbonyl (C=O) groups excluding carboxylic acids is 1. The lowest BCUT2D eigenvalue weighted by Gasteiger charge is -2.21. The van der Waals surface area contributed by atoms with Gasteiger partial charge in [-0.3, -0.25) is 4.79 Å². The molecular weight excluding hydrogens is 292 g/mol. The number of amides is 1. The number of aromatic nitrogens is 4. The van der Waals surface area contributed by atoms with Crippen molar-refractivity contribution in [2.24, 2.45) is 0 Å². The molecule has 1 N–H and O–H groups in total. The molecule has 1 fully saturated rings. The Morgan fingerprint density at radius 1 is 1.35 bits per heavy atom. The molecule has 7 nitrogen and oxygen atoms in total. The number of rotatable bonds is 4. The Labute approximate surface area is 134 Å². The van der Waals surface area contributed by atoms with E-state index in [1.54, 1.807) is 0 Å². The average Bonchev–Trinajstić information content (AvgIpc) is 3.18. The zero-order valence-electron chi connectivity index (χ0n) is 13.0. The zero-order chi connectivity index (χ0) is 16.3. The van der Waals surface area contributed by atoms with Crippen molar-refractivity contribution in [1.82, 2.24) is 25.5 Å². The molecule has 23 heavy (non-hydrogen) atoms. The van der Waals surface area contributed by atoms with Crippen LogP contribution < -0.4 is 5.32 Å². The Hall–Kier alpha value is -2.75. The van der Waals surface area contributed by atoms with Crippen LogP contribution >= 0.6 is 0 Å². The van der Waals surface area contributed by atoms with Crippen molar-refractivity contribution in [2.45, 2.75) is 44.7 Å². The number of nitrogens with zero attached hydrogens (tertiary/aromatic N) is 5. The SMILES string of the molecule is Cc1ccc(-c2nnn(CC(=O)NC3(C#N)CCCC3)n2)cc1. The van der Waals surface area contributed by atoms with Gasteiger partial charge in [0.15, 0.2) is 0 Å².